The Bertz CT molecular complexity index is 596. The molecule has 1 heterocycles. The maximum absolute atomic E-state index is 12.0. The number of primary amides is 1. The molecule has 0 bridgehead atoms. The highest BCUT2D eigenvalue weighted by Gasteiger charge is 2.27. The highest BCUT2D eigenvalue weighted by Crippen LogP contribution is 2.33. The van der Waals surface area contributed by atoms with Gasteiger partial charge in [0.05, 0.1) is 12.8 Å². The van der Waals surface area contributed by atoms with E-state index in [1.165, 1.54) is 0 Å². The summed E-state index contributed by atoms with van der Waals surface area (Å²) in [5.41, 5.74) is 5.92. The maximum atomic E-state index is 12.0. The van der Waals surface area contributed by atoms with Gasteiger partial charge in [0, 0.05) is 24.2 Å². The Balaban J connectivity index is 1.97. The summed E-state index contributed by atoms with van der Waals surface area (Å²) in [4.78, 5) is 24.9. The molecule has 1 aromatic rings. The number of carbonyl (C=O) groups excluding carboxylic acids is 2. The van der Waals surface area contributed by atoms with E-state index in [9.17, 15) is 9.59 Å². The predicted molar refractivity (Wildman–Crippen MR) is 88.9 cm³/mol. The molecule has 8 heteroatoms. The lowest BCUT2D eigenvalue weighted by Gasteiger charge is -2.22. The number of nitrogens with two attached hydrogens (primary N) is 1. The summed E-state index contributed by atoms with van der Waals surface area (Å²) >= 11 is 6.06. The van der Waals surface area contributed by atoms with Crippen molar-refractivity contribution >= 4 is 29.2 Å². The fourth-order valence-electron chi connectivity index (χ4n) is 2.61. The molecule has 2 atom stereocenters. The fourth-order valence-corrected chi connectivity index (χ4v) is 2.78. The lowest BCUT2D eigenvalue weighted by Crippen LogP contribution is -2.50. The van der Waals surface area contributed by atoms with Crippen molar-refractivity contribution in [1.82, 2.24) is 10.6 Å². The Kier molecular flexibility index (Phi) is 5.54. The van der Waals surface area contributed by atoms with Crippen molar-refractivity contribution in [3.8, 4) is 5.75 Å². The number of urea groups is 1. The van der Waals surface area contributed by atoms with Gasteiger partial charge in [-0.2, -0.15) is 0 Å². The second-order valence-corrected chi connectivity index (χ2v) is 5.92. The van der Waals surface area contributed by atoms with E-state index in [2.05, 4.69) is 15.5 Å². The number of amides is 3. The number of hydrogen-bond acceptors (Lipinski definition) is 4. The zero-order chi connectivity index (χ0) is 17.0. The van der Waals surface area contributed by atoms with Crippen molar-refractivity contribution in [1.29, 1.82) is 0 Å². The van der Waals surface area contributed by atoms with Crippen LogP contribution in [0.2, 0.25) is 5.02 Å². The van der Waals surface area contributed by atoms with Crippen LogP contribution in [0.1, 0.15) is 13.3 Å². The van der Waals surface area contributed by atoms with Gasteiger partial charge < -0.3 is 26.0 Å². The standard InChI is InChI=1S/C15H21ClN4O3/c1-9(18-15(17)22)14(21)19-11-5-6-20(8-11)12-7-10(16)3-4-13(12)23-2/h3-4,7,9,11H,5-6,8H2,1-2H3,(H,19,21)(H3,17,18,22). The Morgan fingerprint density at radius 3 is 2.87 bits per heavy atom. The van der Waals surface area contributed by atoms with Crippen LogP contribution in [0.4, 0.5) is 10.5 Å². The summed E-state index contributed by atoms with van der Waals surface area (Å²) in [6.45, 7) is 3.01. The summed E-state index contributed by atoms with van der Waals surface area (Å²) in [5.74, 6) is 0.485. The van der Waals surface area contributed by atoms with Gasteiger partial charge >= 0.3 is 6.03 Å². The van der Waals surface area contributed by atoms with Crippen molar-refractivity contribution < 1.29 is 14.3 Å². The van der Waals surface area contributed by atoms with Crippen LogP contribution in [0, 0.1) is 0 Å². The molecule has 126 valence electrons. The summed E-state index contributed by atoms with van der Waals surface area (Å²) in [7, 11) is 1.61. The smallest absolute Gasteiger partial charge is 0.312 e. The number of ether oxygens (including phenoxy) is 1. The van der Waals surface area contributed by atoms with Crippen LogP contribution >= 0.6 is 11.6 Å². The number of methoxy groups -OCH3 is 1. The predicted octanol–water partition coefficient (Wildman–Crippen LogP) is 1.10. The summed E-state index contributed by atoms with van der Waals surface area (Å²) < 4.78 is 5.36. The van der Waals surface area contributed by atoms with E-state index in [0.29, 0.717) is 11.6 Å². The molecule has 23 heavy (non-hydrogen) atoms. The zero-order valence-corrected chi connectivity index (χ0v) is 13.9. The molecular formula is C15H21ClN4O3. The molecule has 4 N–H and O–H groups in total. The molecule has 0 radical (unpaired) electrons. The van der Waals surface area contributed by atoms with Crippen LogP contribution in [0.5, 0.6) is 5.75 Å². The van der Waals surface area contributed by atoms with Crippen LogP contribution in [0.15, 0.2) is 18.2 Å². The zero-order valence-electron chi connectivity index (χ0n) is 13.1. The summed E-state index contributed by atoms with van der Waals surface area (Å²) in [5, 5.41) is 5.90. The lowest BCUT2D eigenvalue weighted by molar-refractivity contribution is -0.123. The van der Waals surface area contributed by atoms with Gasteiger partial charge in [-0.25, -0.2) is 4.79 Å². The normalized spacial score (nSPS) is 18.4. The maximum Gasteiger partial charge on any atom is 0.312 e. The van der Waals surface area contributed by atoms with Gasteiger partial charge in [0.25, 0.3) is 0 Å². The molecule has 1 aromatic carbocycles. The van der Waals surface area contributed by atoms with Crippen molar-refractivity contribution in [2.75, 3.05) is 25.1 Å². The average molecular weight is 341 g/mol. The summed E-state index contributed by atoms with van der Waals surface area (Å²) in [6, 6.07) is 4.05. The van der Waals surface area contributed by atoms with Crippen molar-refractivity contribution in [2.24, 2.45) is 5.73 Å². The third kappa shape index (κ3) is 4.41. The highest BCUT2D eigenvalue weighted by atomic mass is 35.5. The van der Waals surface area contributed by atoms with Gasteiger partial charge in [-0.15, -0.1) is 0 Å². The van der Waals surface area contributed by atoms with Crippen LogP contribution in [0.25, 0.3) is 0 Å². The molecule has 0 spiro atoms. The van der Waals surface area contributed by atoms with E-state index in [4.69, 9.17) is 22.1 Å². The fraction of sp³-hybridized carbons (Fsp3) is 0.467. The molecule has 2 rings (SSSR count). The number of carbonyl (C=O) groups is 2. The SMILES string of the molecule is COc1ccc(Cl)cc1N1CCC(NC(=O)C(C)NC(N)=O)C1. The molecule has 0 aromatic heterocycles. The van der Waals surface area contributed by atoms with Crippen LogP contribution in [-0.2, 0) is 4.79 Å². The van der Waals surface area contributed by atoms with E-state index in [1.54, 1.807) is 20.1 Å². The summed E-state index contributed by atoms with van der Waals surface area (Å²) in [6.07, 6.45) is 0.796. The van der Waals surface area contributed by atoms with Gasteiger partial charge in [0.1, 0.15) is 11.8 Å². The molecule has 7 nitrogen and oxygen atoms in total. The minimum absolute atomic E-state index is 0.0108. The Hall–Kier alpha value is -2.15. The monoisotopic (exact) mass is 340 g/mol. The molecule has 3 amide bonds. The first-order chi connectivity index (χ1) is 10.9. The quantitative estimate of drug-likeness (QED) is 0.747. The molecule has 0 aliphatic carbocycles. The number of nitrogens with zero attached hydrogens (tertiary/aromatic N) is 1. The van der Waals surface area contributed by atoms with Crippen molar-refractivity contribution in [3.63, 3.8) is 0 Å². The first-order valence-electron chi connectivity index (χ1n) is 7.35. The van der Waals surface area contributed by atoms with Crippen LogP contribution in [-0.4, -0.2) is 44.2 Å². The minimum atomic E-state index is -0.718. The van der Waals surface area contributed by atoms with Crippen molar-refractivity contribution in [2.45, 2.75) is 25.4 Å². The first kappa shape index (κ1) is 17.2. The third-order valence-electron chi connectivity index (χ3n) is 3.77. The Labute approximate surface area is 140 Å². The molecule has 1 aliphatic rings. The second-order valence-electron chi connectivity index (χ2n) is 5.49. The molecule has 2 unspecified atom stereocenters. The Morgan fingerprint density at radius 2 is 2.22 bits per heavy atom. The second kappa shape index (κ2) is 7.41. The topological polar surface area (TPSA) is 96.7 Å². The molecule has 1 fully saturated rings. The molecule has 1 aliphatic heterocycles. The van der Waals surface area contributed by atoms with E-state index in [1.807, 2.05) is 12.1 Å². The minimum Gasteiger partial charge on any atom is -0.495 e. The lowest BCUT2D eigenvalue weighted by atomic mass is 10.2. The largest absolute Gasteiger partial charge is 0.495 e. The van der Waals surface area contributed by atoms with Crippen LogP contribution in [0.3, 0.4) is 0 Å². The molecular weight excluding hydrogens is 320 g/mol. The average Bonchev–Trinajstić information content (AvgIpc) is 2.94. The number of halogens is 1. The highest BCUT2D eigenvalue weighted by molar-refractivity contribution is 6.30. The van der Waals surface area contributed by atoms with E-state index >= 15 is 0 Å². The molecule has 0 saturated carbocycles. The van der Waals surface area contributed by atoms with E-state index < -0.39 is 12.1 Å². The number of hydrogen-bond donors (Lipinski definition) is 3. The van der Waals surface area contributed by atoms with Crippen molar-refractivity contribution in [3.05, 3.63) is 23.2 Å². The number of benzene rings is 1. The number of rotatable bonds is 5. The van der Waals surface area contributed by atoms with Gasteiger partial charge in [-0.05, 0) is 31.5 Å². The van der Waals surface area contributed by atoms with E-state index in [-0.39, 0.29) is 11.9 Å². The number of nitrogens with one attached hydrogen (secondary N) is 2. The van der Waals surface area contributed by atoms with Gasteiger partial charge in [-0.3, -0.25) is 4.79 Å². The third-order valence-corrected chi connectivity index (χ3v) is 4.00. The van der Waals surface area contributed by atoms with Gasteiger partial charge in [0.2, 0.25) is 5.91 Å². The van der Waals surface area contributed by atoms with E-state index in [0.717, 1.165) is 24.4 Å². The first-order valence-corrected chi connectivity index (χ1v) is 7.73. The Morgan fingerprint density at radius 1 is 1.48 bits per heavy atom. The van der Waals surface area contributed by atoms with Gasteiger partial charge in [-0.1, -0.05) is 11.6 Å². The van der Waals surface area contributed by atoms with Crippen LogP contribution < -0.4 is 26.0 Å². The van der Waals surface area contributed by atoms with Gasteiger partial charge in [0.15, 0.2) is 0 Å². The molecule has 1 saturated heterocycles. The number of anilines is 1.